The largest absolute Gasteiger partial charge is 0.381 e. The number of piperazine rings is 1. The number of hydrogen-bond donors (Lipinski definition) is 0. The smallest absolute Gasteiger partial charge is 0.269 e. The SMILES string of the molecule is CO[C@H]1CCC[C@H](C(=O)N2CCN(Cc3c(-c4ccc([N+](=O)[O-])cc4)nc4ccc(-c5cccc(Cl)c5)cn34)CC2)C1. The molecule has 10 heteroatoms. The number of fused-ring (bicyclic) bond motifs is 1. The van der Waals surface area contributed by atoms with E-state index < -0.39 is 4.92 Å². The Hall–Kier alpha value is -3.79. The maximum Gasteiger partial charge on any atom is 0.269 e. The van der Waals surface area contributed by atoms with Gasteiger partial charge in [0.15, 0.2) is 0 Å². The van der Waals surface area contributed by atoms with E-state index in [1.54, 1.807) is 19.2 Å². The van der Waals surface area contributed by atoms with Crippen molar-refractivity contribution in [3.63, 3.8) is 0 Å². The first kappa shape index (κ1) is 28.3. The predicted octanol–water partition coefficient (Wildman–Crippen LogP) is 6.08. The number of amides is 1. The molecule has 2 aliphatic rings. The van der Waals surface area contributed by atoms with E-state index in [0.717, 1.165) is 72.5 Å². The first-order valence-corrected chi connectivity index (χ1v) is 14.8. The highest BCUT2D eigenvalue weighted by Gasteiger charge is 2.32. The second-order valence-corrected chi connectivity index (χ2v) is 11.6. The molecule has 2 fully saturated rings. The third-order valence-electron chi connectivity index (χ3n) is 8.59. The summed E-state index contributed by atoms with van der Waals surface area (Å²) in [6.45, 7) is 3.51. The van der Waals surface area contributed by atoms with E-state index in [1.807, 2.05) is 41.3 Å². The minimum Gasteiger partial charge on any atom is -0.381 e. The molecule has 2 aromatic carbocycles. The zero-order valence-corrected chi connectivity index (χ0v) is 24.4. The number of carbonyl (C=O) groups is 1. The summed E-state index contributed by atoms with van der Waals surface area (Å²) in [5, 5.41) is 11.9. The lowest BCUT2D eigenvalue weighted by Gasteiger charge is -2.38. The summed E-state index contributed by atoms with van der Waals surface area (Å²) in [6, 6.07) is 18.3. The highest BCUT2D eigenvalue weighted by Crippen LogP contribution is 2.31. The van der Waals surface area contributed by atoms with Crippen LogP contribution in [0.3, 0.4) is 0 Å². The van der Waals surface area contributed by atoms with Gasteiger partial charge in [0.05, 0.1) is 22.4 Å². The summed E-state index contributed by atoms with van der Waals surface area (Å²) in [5.41, 5.74) is 5.47. The molecule has 1 aliphatic carbocycles. The zero-order valence-electron chi connectivity index (χ0n) is 23.6. The molecule has 4 aromatic rings. The Kier molecular flexibility index (Phi) is 8.24. The number of halogens is 1. The number of imidazole rings is 1. The number of nitrogens with zero attached hydrogens (tertiary/aromatic N) is 5. The van der Waals surface area contributed by atoms with E-state index in [9.17, 15) is 14.9 Å². The molecule has 1 saturated heterocycles. The highest BCUT2D eigenvalue weighted by molar-refractivity contribution is 6.30. The van der Waals surface area contributed by atoms with E-state index >= 15 is 0 Å². The molecular weight excluding hydrogens is 554 g/mol. The van der Waals surface area contributed by atoms with E-state index in [4.69, 9.17) is 21.3 Å². The van der Waals surface area contributed by atoms with Crippen LogP contribution in [0.25, 0.3) is 28.0 Å². The van der Waals surface area contributed by atoms with Gasteiger partial charge in [-0.25, -0.2) is 4.98 Å². The highest BCUT2D eigenvalue weighted by atomic mass is 35.5. The lowest BCUT2D eigenvalue weighted by Crippen LogP contribution is -2.50. The van der Waals surface area contributed by atoms with E-state index in [1.165, 1.54) is 12.1 Å². The Labute approximate surface area is 249 Å². The number of carbonyl (C=O) groups excluding carboxylic acids is 1. The number of pyridine rings is 1. The number of aromatic nitrogens is 2. The molecule has 2 atom stereocenters. The van der Waals surface area contributed by atoms with Crippen LogP contribution in [0.4, 0.5) is 5.69 Å². The molecule has 1 aliphatic heterocycles. The summed E-state index contributed by atoms with van der Waals surface area (Å²) in [5.74, 6) is 0.302. The molecule has 0 bridgehead atoms. The Morgan fingerprint density at radius 1 is 1.02 bits per heavy atom. The molecule has 0 spiro atoms. The van der Waals surface area contributed by atoms with Crippen LogP contribution >= 0.6 is 11.6 Å². The monoisotopic (exact) mass is 587 g/mol. The Balaban J connectivity index is 1.27. The van der Waals surface area contributed by atoms with E-state index in [0.29, 0.717) is 24.7 Å². The molecule has 3 heterocycles. The van der Waals surface area contributed by atoms with Crippen molar-refractivity contribution >= 4 is 28.8 Å². The van der Waals surface area contributed by atoms with Crippen LogP contribution < -0.4 is 0 Å². The number of benzene rings is 2. The predicted molar refractivity (Wildman–Crippen MR) is 162 cm³/mol. The van der Waals surface area contributed by atoms with Crippen molar-refractivity contribution in [3.8, 4) is 22.4 Å². The second kappa shape index (κ2) is 12.2. The fraction of sp³-hybridized carbons (Fsp3) is 0.375. The van der Waals surface area contributed by atoms with Crippen LogP contribution in [0.2, 0.25) is 5.02 Å². The van der Waals surface area contributed by atoms with Gasteiger partial charge in [-0.15, -0.1) is 0 Å². The number of non-ortho nitro benzene ring substituents is 1. The van der Waals surface area contributed by atoms with Gasteiger partial charge in [-0.05, 0) is 66.8 Å². The minimum absolute atomic E-state index is 0.0443. The molecule has 2 aromatic heterocycles. The second-order valence-electron chi connectivity index (χ2n) is 11.2. The summed E-state index contributed by atoms with van der Waals surface area (Å²) in [4.78, 5) is 33.5. The van der Waals surface area contributed by atoms with Crippen LogP contribution in [0.1, 0.15) is 31.4 Å². The van der Waals surface area contributed by atoms with Gasteiger partial charge in [-0.2, -0.15) is 0 Å². The van der Waals surface area contributed by atoms with E-state index in [2.05, 4.69) is 15.5 Å². The first-order valence-electron chi connectivity index (χ1n) is 14.5. The van der Waals surface area contributed by atoms with Gasteiger partial charge in [0.2, 0.25) is 5.91 Å². The van der Waals surface area contributed by atoms with Crippen molar-refractivity contribution < 1.29 is 14.5 Å². The van der Waals surface area contributed by atoms with Crippen molar-refractivity contribution in [2.24, 2.45) is 5.92 Å². The number of methoxy groups -OCH3 is 1. The first-order chi connectivity index (χ1) is 20.4. The van der Waals surface area contributed by atoms with E-state index in [-0.39, 0.29) is 23.6 Å². The van der Waals surface area contributed by atoms with Crippen molar-refractivity contribution in [1.82, 2.24) is 19.2 Å². The number of nitro benzene ring substituents is 1. The summed E-state index contributed by atoms with van der Waals surface area (Å²) >= 11 is 6.28. The van der Waals surface area contributed by atoms with Crippen LogP contribution in [-0.2, 0) is 16.1 Å². The number of hydrogen-bond acceptors (Lipinski definition) is 6. The molecule has 42 heavy (non-hydrogen) atoms. The number of ether oxygens (including phenoxy) is 1. The normalized spacial score (nSPS) is 19.7. The van der Waals surface area contributed by atoms with Crippen molar-refractivity contribution in [2.45, 2.75) is 38.3 Å². The van der Waals surface area contributed by atoms with Crippen LogP contribution in [-0.4, -0.2) is 69.4 Å². The molecule has 0 N–H and O–H groups in total. The minimum atomic E-state index is -0.394. The lowest BCUT2D eigenvalue weighted by molar-refractivity contribution is -0.384. The van der Waals surface area contributed by atoms with Crippen LogP contribution in [0, 0.1) is 16.0 Å². The van der Waals surface area contributed by atoms with Gasteiger partial charge in [0, 0.05) is 74.7 Å². The van der Waals surface area contributed by atoms with Gasteiger partial charge >= 0.3 is 0 Å². The third-order valence-corrected chi connectivity index (χ3v) is 8.83. The molecule has 218 valence electrons. The fourth-order valence-corrected chi connectivity index (χ4v) is 6.43. The topological polar surface area (TPSA) is 93.2 Å². The Morgan fingerprint density at radius 2 is 1.79 bits per heavy atom. The quantitative estimate of drug-likeness (QED) is 0.192. The van der Waals surface area contributed by atoms with Crippen LogP contribution in [0.15, 0.2) is 66.9 Å². The Bertz CT molecular complexity index is 1600. The lowest BCUT2D eigenvalue weighted by atomic mass is 9.86. The van der Waals surface area contributed by atoms with Gasteiger partial charge in [0.25, 0.3) is 5.69 Å². The third kappa shape index (κ3) is 5.90. The van der Waals surface area contributed by atoms with Gasteiger partial charge in [0.1, 0.15) is 5.65 Å². The van der Waals surface area contributed by atoms with Crippen molar-refractivity contribution in [2.75, 3.05) is 33.3 Å². The maximum atomic E-state index is 13.3. The maximum absolute atomic E-state index is 13.3. The molecule has 1 saturated carbocycles. The molecule has 1 amide bonds. The number of rotatable bonds is 7. The molecule has 6 rings (SSSR count). The summed E-state index contributed by atoms with van der Waals surface area (Å²) in [6.07, 6.45) is 6.07. The average Bonchev–Trinajstić information content (AvgIpc) is 3.38. The molecule has 0 radical (unpaired) electrons. The molecular formula is C32H34ClN5O4. The van der Waals surface area contributed by atoms with Gasteiger partial charge in [-0.1, -0.05) is 30.2 Å². The molecule has 9 nitrogen and oxygen atoms in total. The van der Waals surface area contributed by atoms with Gasteiger partial charge in [-0.3, -0.25) is 19.8 Å². The number of nitro groups is 1. The van der Waals surface area contributed by atoms with Crippen molar-refractivity contribution in [3.05, 3.63) is 87.7 Å². The van der Waals surface area contributed by atoms with Crippen molar-refractivity contribution in [1.29, 1.82) is 0 Å². The van der Waals surface area contributed by atoms with Crippen LogP contribution in [0.5, 0.6) is 0 Å². The fourth-order valence-electron chi connectivity index (χ4n) is 6.24. The Morgan fingerprint density at radius 3 is 2.50 bits per heavy atom. The standard InChI is InChI=1S/C32H34ClN5O4/c1-42-28-7-3-5-24(19-28)32(39)36-16-14-35(15-17-36)21-29-31(22-8-11-27(12-9-22)38(40)41)34-30-13-10-25(20-37(29)30)23-4-2-6-26(33)18-23/h2,4,6,8-13,18,20,24,28H,3,5,7,14-17,19,21H2,1H3/t24-,28-/m0/s1. The summed E-state index contributed by atoms with van der Waals surface area (Å²) < 4.78 is 7.66. The average molecular weight is 588 g/mol. The molecule has 0 unspecified atom stereocenters. The summed E-state index contributed by atoms with van der Waals surface area (Å²) in [7, 11) is 1.74. The zero-order chi connectivity index (χ0) is 29.2. The van der Waals surface area contributed by atoms with Gasteiger partial charge < -0.3 is 14.0 Å².